The quantitative estimate of drug-likeness (QED) is 0.0693. The summed E-state index contributed by atoms with van der Waals surface area (Å²) in [6, 6.07) is 7.51. The van der Waals surface area contributed by atoms with Crippen LogP contribution in [0.15, 0.2) is 54.1 Å². The van der Waals surface area contributed by atoms with E-state index in [1.54, 1.807) is 63.4 Å². The van der Waals surface area contributed by atoms with Crippen molar-refractivity contribution in [3.8, 4) is 5.75 Å². The molecule has 20 heteroatoms. The van der Waals surface area contributed by atoms with Crippen LogP contribution in [0.1, 0.15) is 111 Å². The van der Waals surface area contributed by atoms with Gasteiger partial charge in [0, 0.05) is 75.9 Å². The smallest absolute Gasteiger partial charge is 0.328 e. The van der Waals surface area contributed by atoms with Crippen molar-refractivity contribution in [3.05, 3.63) is 81.4 Å². The highest BCUT2D eigenvalue weighted by molar-refractivity contribution is 7.99. The number of carbonyl (C=O) groups is 8. The standard InChI is InChI=1S/C56H73ClN4O14S/c1-33-10-9-11-45(72-8)56(70)27-44(73-50(67)28-56)34(2)52-55(4,75-52)46(26-49(66)61(6)42-24-38(22-33)25-43(71-7)51(42)57)74-54(69)35(3)60(5)48(65)19-21-76-32-47(64)59-29-37-13-15-39(16-14-37)53(68)58-20-18-36-12-17-40(30-62)41(23-36)31-63/h9-12,17,23-25,30-31,34-35,37,39,44-46,52,70H,13-16,18-22,26-29,32H2,1-8H3,(H,58,68)(H,59,64)/b11-9-,33-10+/t34-,35+,37?,39?,44+,45-,46-,52?,55+,56-/m1/s1. The van der Waals surface area contributed by atoms with Crippen LogP contribution in [0.2, 0.25) is 5.02 Å². The maximum Gasteiger partial charge on any atom is 0.328 e. The Hall–Kier alpha value is -5.60. The Morgan fingerprint density at radius 2 is 1.78 bits per heavy atom. The summed E-state index contributed by atoms with van der Waals surface area (Å²) < 4.78 is 29.7. The molecule has 3 fully saturated rings. The second kappa shape index (κ2) is 26.6. The molecule has 1 saturated carbocycles. The third kappa shape index (κ3) is 14.9. The molecular weight excluding hydrogens is 1020 g/mol. The monoisotopic (exact) mass is 1090 g/mol. The fraction of sp³-hybridized carbons (Fsp3) is 0.571. The molecule has 8 atom stereocenters. The number of amides is 4. The summed E-state index contributed by atoms with van der Waals surface area (Å²) in [4.78, 5) is 106. The fourth-order valence-corrected chi connectivity index (χ4v) is 11.4. The highest BCUT2D eigenvalue weighted by Gasteiger charge is 2.64. The lowest BCUT2D eigenvalue weighted by atomic mass is 9.78. The maximum absolute atomic E-state index is 14.4. The van der Waals surface area contributed by atoms with Gasteiger partial charge in [-0.2, -0.15) is 11.8 Å². The van der Waals surface area contributed by atoms with Gasteiger partial charge >= 0.3 is 11.9 Å². The minimum atomic E-state index is -1.62. The van der Waals surface area contributed by atoms with Gasteiger partial charge in [0.05, 0.1) is 37.5 Å². The summed E-state index contributed by atoms with van der Waals surface area (Å²) in [5.41, 5.74) is 0.685. The molecule has 2 aromatic rings. The summed E-state index contributed by atoms with van der Waals surface area (Å²) in [5.74, 6) is -2.07. The number of hydrogen-bond donors (Lipinski definition) is 3. The minimum absolute atomic E-state index is 0.0207. The molecule has 6 rings (SSSR count). The van der Waals surface area contributed by atoms with Crippen LogP contribution in [0.4, 0.5) is 5.69 Å². The van der Waals surface area contributed by atoms with E-state index in [4.69, 9.17) is 35.3 Å². The number of nitrogens with one attached hydrogen (secondary N) is 2. The highest BCUT2D eigenvalue weighted by atomic mass is 35.5. The number of likely N-dealkylation sites (N-methyl/N-ethyl adjacent to an activating group) is 1. The Morgan fingerprint density at radius 1 is 1.05 bits per heavy atom. The second-order valence-electron chi connectivity index (χ2n) is 20.8. The lowest BCUT2D eigenvalue weighted by Gasteiger charge is -2.41. The predicted molar refractivity (Wildman–Crippen MR) is 286 cm³/mol. The van der Waals surface area contributed by atoms with Crippen LogP contribution >= 0.6 is 23.4 Å². The molecule has 0 spiro atoms. The van der Waals surface area contributed by atoms with Gasteiger partial charge in [-0.1, -0.05) is 54.5 Å². The molecule has 1 unspecified atom stereocenters. The molecule has 4 bridgehead atoms. The number of ether oxygens (including phenoxy) is 5. The number of halogens is 1. The number of aliphatic hydroxyl groups is 1. The first kappa shape index (κ1) is 59.6. The number of epoxide rings is 1. The molecule has 18 nitrogen and oxygen atoms in total. The van der Waals surface area contributed by atoms with Crippen molar-refractivity contribution in [2.45, 2.75) is 134 Å². The molecule has 76 heavy (non-hydrogen) atoms. The van der Waals surface area contributed by atoms with Gasteiger partial charge in [-0.3, -0.25) is 33.6 Å². The van der Waals surface area contributed by atoms with Crippen molar-refractivity contribution in [2.75, 3.05) is 57.8 Å². The summed E-state index contributed by atoms with van der Waals surface area (Å²) in [5, 5.41) is 18.1. The Kier molecular flexibility index (Phi) is 20.9. The zero-order valence-corrected chi connectivity index (χ0v) is 46.3. The van der Waals surface area contributed by atoms with Gasteiger partial charge in [0.2, 0.25) is 23.6 Å². The topological polar surface area (TPSA) is 237 Å². The molecule has 2 aromatic carbocycles. The zero-order valence-electron chi connectivity index (χ0n) is 44.7. The molecule has 414 valence electrons. The van der Waals surface area contributed by atoms with E-state index in [1.807, 2.05) is 13.0 Å². The average molecular weight is 1090 g/mol. The number of fused-ring (bicyclic) bond motifs is 5. The van der Waals surface area contributed by atoms with Gasteiger partial charge in [0.1, 0.15) is 46.3 Å². The summed E-state index contributed by atoms with van der Waals surface area (Å²) in [6.07, 6.45) is 6.37. The molecule has 3 N–H and O–H groups in total. The summed E-state index contributed by atoms with van der Waals surface area (Å²) >= 11 is 8.11. The number of thioether (sulfide) groups is 1. The van der Waals surface area contributed by atoms with E-state index in [1.165, 1.54) is 49.8 Å². The van der Waals surface area contributed by atoms with Crippen LogP contribution in [0.3, 0.4) is 0 Å². The third-order valence-corrected chi connectivity index (χ3v) is 16.7. The van der Waals surface area contributed by atoms with Gasteiger partial charge in [-0.25, -0.2) is 4.79 Å². The lowest BCUT2D eigenvalue weighted by Crippen LogP contribution is -2.53. The van der Waals surface area contributed by atoms with Crippen molar-refractivity contribution in [1.29, 1.82) is 0 Å². The Labute approximate surface area is 454 Å². The molecule has 3 heterocycles. The van der Waals surface area contributed by atoms with Crippen LogP contribution in [-0.2, 0) is 60.6 Å². The van der Waals surface area contributed by atoms with Crippen molar-refractivity contribution in [1.82, 2.24) is 15.5 Å². The van der Waals surface area contributed by atoms with Gasteiger partial charge in [0.25, 0.3) is 0 Å². The van der Waals surface area contributed by atoms with Gasteiger partial charge < -0.3 is 49.2 Å². The largest absolute Gasteiger partial charge is 0.495 e. The number of rotatable bonds is 18. The maximum atomic E-state index is 14.4. The number of carbonyl (C=O) groups excluding carboxylic acids is 8. The van der Waals surface area contributed by atoms with Crippen LogP contribution < -0.4 is 20.3 Å². The summed E-state index contributed by atoms with van der Waals surface area (Å²) in [7, 11) is 5.98. The average Bonchev–Trinajstić information content (AvgIpc) is 4.16. The number of esters is 2. The lowest BCUT2D eigenvalue weighted by molar-refractivity contribution is -0.187. The molecule has 4 amide bonds. The Bertz CT molecular complexity index is 2550. The van der Waals surface area contributed by atoms with E-state index in [2.05, 4.69) is 10.6 Å². The van der Waals surface area contributed by atoms with Crippen molar-refractivity contribution < 1.29 is 67.1 Å². The number of nitrogens with zero attached hydrogens (tertiary/aromatic N) is 2. The summed E-state index contributed by atoms with van der Waals surface area (Å²) in [6.45, 7) is 7.85. The Balaban J connectivity index is 1.02. The van der Waals surface area contributed by atoms with Crippen LogP contribution in [0, 0.1) is 17.8 Å². The van der Waals surface area contributed by atoms with Crippen LogP contribution in [0.25, 0.3) is 0 Å². The molecule has 0 aromatic heterocycles. The molecule has 0 radical (unpaired) electrons. The first-order chi connectivity index (χ1) is 36.1. The molecular formula is C56H73ClN4O14S. The predicted octanol–water partition coefficient (Wildman–Crippen LogP) is 5.79. The molecule has 1 aliphatic carbocycles. The van der Waals surface area contributed by atoms with Crippen LogP contribution in [0.5, 0.6) is 5.75 Å². The number of anilines is 1. The van der Waals surface area contributed by atoms with Crippen LogP contribution in [-0.4, -0.2) is 153 Å². The normalized spacial score (nSPS) is 28.3. The van der Waals surface area contributed by atoms with Gasteiger partial charge in [-0.15, -0.1) is 0 Å². The van der Waals surface area contributed by atoms with E-state index in [0.717, 1.165) is 29.5 Å². The van der Waals surface area contributed by atoms with E-state index in [9.17, 15) is 43.5 Å². The van der Waals surface area contributed by atoms with Crippen molar-refractivity contribution >= 4 is 77.2 Å². The van der Waals surface area contributed by atoms with E-state index >= 15 is 0 Å². The Morgan fingerprint density at radius 3 is 2.46 bits per heavy atom. The molecule has 3 aliphatic heterocycles. The SMILES string of the molecule is COc1cc2cc(c1Cl)N(C)C(=O)C[C@@H](OC(=O)[C@H](C)N(C)C(=O)CCSCC(=O)NCC1CCC(C(=O)NCCc3ccc(C=O)c(C=O)c3)CC1)[C@]1(C)OC1[C@H](C)[C@@H]1C[C@@](O)(CC(=O)O1)[C@H](OC)/C=C\C=C(/C)C2. The van der Waals surface area contributed by atoms with Crippen molar-refractivity contribution in [3.63, 3.8) is 0 Å². The third-order valence-electron chi connectivity index (χ3n) is 15.4. The van der Waals surface area contributed by atoms with E-state index in [-0.39, 0.29) is 66.0 Å². The highest BCUT2D eigenvalue weighted by Crippen LogP contribution is 2.50. The molecule has 2 saturated heterocycles. The van der Waals surface area contributed by atoms with E-state index < -0.39 is 65.4 Å². The van der Waals surface area contributed by atoms with Gasteiger partial charge in [0.15, 0.2) is 12.6 Å². The number of methoxy groups -OCH3 is 2. The first-order valence-corrected chi connectivity index (χ1v) is 27.4. The fourth-order valence-electron chi connectivity index (χ4n) is 10.4. The molecule has 4 aliphatic rings. The second-order valence-corrected chi connectivity index (χ2v) is 22.3. The minimum Gasteiger partial charge on any atom is -0.495 e. The number of allylic oxidation sites excluding steroid dienone is 3. The number of hydrogen-bond acceptors (Lipinski definition) is 15. The zero-order chi connectivity index (χ0) is 55.5. The van der Waals surface area contributed by atoms with Gasteiger partial charge in [-0.05, 0) is 94.5 Å². The van der Waals surface area contributed by atoms with Crippen molar-refractivity contribution in [2.24, 2.45) is 17.8 Å². The van der Waals surface area contributed by atoms with E-state index in [0.29, 0.717) is 79.7 Å². The number of benzene rings is 2. The number of aldehydes is 2. The first-order valence-electron chi connectivity index (χ1n) is 25.9.